The van der Waals surface area contributed by atoms with Gasteiger partial charge in [0.2, 0.25) is 0 Å². The average Bonchev–Trinajstić information content (AvgIpc) is 2.99. The van der Waals surface area contributed by atoms with Crippen LogP contribution in [0.25, 0.3) is 0 Å². The average molecular weight is 279 g/mol. The summed E-state index contributed by atoms with van der Waals surface area (Å²) in [6, 6.07) is 0.741. The standard InChI is InChI=1S/C18H33NO/c1-3-14-8-7-9-15(12-14)20-17-13-16(19-4-2)18(17)10-5-6-11-18/h14-17,19H,3-13H2,1-2H3. The van der Waals surface area contributed by atoms with E-state index in [-0.39, 0.29) is 0 Å². The third kappa shape index (κ3) is 2.66. The van der Waals surface area contributed by atoms with Crippen LogP contribution in [-0.2, 0) is 4.74 Å². The second kappa shape index (κ2) is 6.36. The smallest absolute Gasteiger partial charge is 0.0665 e. The van der Waals surface area contributed by atoms with Crippen molar-refractivity contribution in [2.45, 2.75) is 96.3 Å². The molecule has 0 saturated heterocycles. The zero-order chi connectivity index (χ0) is 14.0. The minimum atomic E-state index is 0.509. The zero-order valence-electron chi connectivity index (χ0n) is 13.5. The van der Waals surface area contributed by atoms with Crippen molar-refractivity contribution in [1.82, 2.24) is 5.32 Å². The molecule has 0 bridgehead atoms. The van der Waals surface area contributed by atoms with E-state index >= 15 is 0 Å². The highest BCUT2D eigenvalue weighted by atomic mass is 16.5. The third-order valence-corrected chi connectivity index (χ3v) is 6.44. The van der Waals surface area contributed by atoms with E-state index < -0.39 is 0 Å². The minimum Gasteiger partial charge on any atom is -0.374 e. The van der Waals surface area contributed by atoms with Crippen molar-refractivity contribution in [3.63, 3.8) is 0 Å². The van der Waals surface area contributed by atoms with Gasteiger partial charge in [0.05, 0.1) is 12.2 Å². The van der Waals surface area contributed by atoms with Gasteiger partial charge in [0, 0.05) is 11.5 Å². The fourth-order valence-electron chi connectivity index (χ4n) is 5.14. The maximum Gasteiger partial charge on any atom is 0.0665 e. The Labute approximate surface area is 125 Å². The number of ether oxygens (including phenoxy) is 1. The first-order valence-electron chi connectivity index (χ1n) is 9.17. The topological polar surface area (TPSA) is 21.3 Å². The summed E-state index contributed by atoms with van der Waals surface area (Å²) >= 11 is 0. The van der Waals surface area contributed by atoms with Crippen molar-refractivity contribution in [1.29, 1.82) is 0 Å². The third-order valence-electron chi connectivity index (χ3n) is 6.44. The van der Waals surface area contributed by atoms with E-state index in [1.54, 1.807) is 0 Å². The summed E-state index contributed by atoms with van der Waals surface area (Å²) in [6.45, 7) is 5.69. The van der Waals surface area contributed by atoms with Crippen LogP contribution in [0.5, 0.6) is 0 Å². The molecule has 0 radical (unpaired) electrons. The van der Waals surface area contributed by atoms with Gasteiger partial charge in [-0.25, -0.2) is 0 Å². The Morgan fingerprint density at radius 1 is 1.05 bits per heavy atom. The molecule has 0 aliphatic heterocycles. The lowest BCUT2D eigenvalue weighted by Gasteiger charge is -2.55. The van der Waals surface area contributed by atoms with Gasteiger partial charge in [0.25, 0.3) is 0 Å². The summed E-state index contributed by atoms with van der Waals surface area (Å²) in [4.78, 5) is 0. The summed E-state index contributed by atoms with van der Waals surface area (Å²) in [6.07, 6.45) is 14.9. The Kier molecular flexibility index (Phi) is 4.72. The summed E-state index contributed by atoms with van der Waals surface area (Å²) in [5.74, 6) is 0.929. The maximum atomic E-state index is 6.63. The molecule has 0 amide bonds. The van der Waals surface area contributed by atoms with Crippen molar-refractivity contribution in [3.8, 4) is 0 Å². The van der Waals surface area contributed by atoms with E-state index in [4.69, 9.17) is 4.74 Å². The second-order valence-electron chi connectivity index (χ2n) is 7.47. The molecular weight excluding hydrogens is 246 g/mol. The van der Waals surface area contributed by atoms with Crippen LogP contribution < -0.4 is 5.32 Å². The molecule has 1 spiro atoms. The van der Waals surface area contributed by atoms with E-state index in [0.717, 1.165) is 18.5 Å². The van der Waals surface area contributed by atoms with E-state index in [2.05, 4.69) is 19.2 Å². The summed E-state index contributed by atoms with van der Waals surface area (Å²) in [5, 5.41) is 3.72. The normalized spacial score (nSPS) is 39.9. The van der Waals surface area contributed by atoms with Crippen LogP contribution in [0, 0.1) is 11.3 Å². The Hall–Kier alpha value is -0.0800. The van der Waals surface area contributed by atoms with Crippen LogP contribution in [0.2, 0.25) is 0 Å². The maximum absolute atomic E-state index is 6.63. The lowest BCUT2D eigenvalue weighted by Crippen LogP contribution is -2.63. The lowest BCUT2D eigenvalue weighted by molar-refractivity contribution is -0.169. The van der Waals surface area contributed by atoms with Gasteiger partial charge in [-0.15, -0.1) is 0 Å². The van der Waals surface area contributed by atoms with Gasteiger partial charge in [-0.1, -0.05) is 46.0 Å². The second-order valence-corrected chi connectivity index (χ2v) is 7.47. The van der Waals surface area contributed by atoms with E-state index in [1.165, 1.54) is 64.2 Å². The SMILES string of the molecule is CCNC1CC(OC2CCCC(CC)C2)C12CCCC2. The van der Waals surface area contributed by atoms with Crippen LogP contribution in [-0.4, -0.2) is 24.8 Å². The number of rotatable bonds is 5. The van der Waals surface area contributed by atoms with Crippen molar-refractivity contribution in [2.75, 3.05) is 6.54 Å². The molecule has 4 atom stereocenters. The Morgan fingerprint density at radius 3 is 2.55 bits per heavy atom. The van der Waals surface area contributed by atoms with Crippen molar-refractivity contribution in [2.24, 2.45) is 11.3 Å². The van der Waals surface area contributed by atoms with Crippen molar-refractivity contribution >= 4 is 0 Å². The van der Waals surface area contributed by atoms with Crippen molar-refractivity contribution < 1.29 is 4.74 Å². The fourth-order valence-corrected chi connectivity index (χ4v) is 5.14. The first kappa shape index (κ1) is 14.8. The zero-order valence-corrected chi connectivity index (χ0v) is 13.5. The molecule has 4 unspecified atom stereocenters. The van der Waals surface area contributed by atoms with Gasteiger partial charge in [-0.3, -0.25) is 0 Å². The highest BCUT2D eigenvalue weighted by molar-refractivity contribution is 5.10. The van der Waals surface area contributed by atoms with E-state index in [9.17, 15) is 0 Å². The molecule has 3 rings (SSSR count). The van der Waals surface area contributed by atoms with Crippen LogP contribution in [0.4, 0.5) is 0 Å². The van der Waals surface area contributed by atoms with Crippen LogP contribution in [0.15, 0.2) is 0 Å². The molecule has 0 heterocycles. The molecule has 0 aromatic heterocycles. The molecule has 3 fully saturated rings. The Balaban J connectivity index is 1.57. The number of hydrogen-bond acceptors (Lipinski definition) is 2. The summed E-state index contributed by atoms with van der Waals surface area (Å²) in [5.41, 5.74) is 0.509. The highest BCUT2D eigenvalue weighted by Crippen LogP contribution is 2.55. The monoisotopic (exact) mass is 279 g/mol. The predicted molar refractivity (Wildman–Crippen MR) is 83.9 cm³/mol. The molecule has 2 nitrogen and oxygen atoms in total. The molecule has 20 heavy (non-hydrogen) atoms. The van der Waals surface area contributed by atoms with Gasteiger partial charge >= 0.3 is 0 Å². The molecule has 3 saturated carbocycles. The lowest BCUT2D eigenvalue weighted by atomic mass is 9.60. The van der Waals surface area contributed by atoms with Gasteiger partial charge < -0.3 is 10.1 Å². The molecule has 2 heteroatoms. The Morgan fingerprint density at radius 2 is 1.85 bits per heavy atom. The Bertz CT molecular complexity index is 311. The number of hydrogen-bond donors (Lipinski definition) is 1. The minimum absolute atomic E-state index is 0.509. The molecule has 0 aromatic rings. The van der Waals surface area contributed by atoms with Crippen LogP contribution >= 0.6 is 0 Å². The molecule has 0 aromatic carbocycles. The first-order chi connectivity index (χ1) is 9.78. The quantitative estimate of drug-likeness (QED) is 0.811. The summed E-state index contributed by atoms with van der Waals surface area (Å²) in [7, 11) is 0. The number of nitrogens with one attached hydrogen (secondary N) is 1. The summed E-state index contributed by atoms with van der Waals surface area (Å²) < 4.78 is 6.63. The van der Waals surface area contributed by atoms with Crippen LogP contribution in [0.3, 0.4) is 0 Å². The van der Waals surface area contributed by atoms with Gasteiger partial charge in [0.1, 0.15) is 0 Å². The van der Waals surface area contributed by atoms with Crippen molar-refractivity contribution in [3.05, 3.63) is 0 Å². The molecule has 116 valence electrons. The van der Waals surface area contributed by atoms with Gasteiger partial charge in [-0.05, 0) is 44.6 Å². The van der Waals surface area contributed by atoms with Crippen LogP contribution in [0.1, 0.15) is 78.1 Å². The van der Waals surface area contributed by atoms with E-state index in [1.807, 2.05) is 0 Å². The van der Waals surface area contributed by atoms with Gasteiger partial charge in [0.15, 0.2) is 0 Å². The van der Waals surface area contributed by atoms with E-state index in [0.29, 0.717) is 17.6 Å². The highest BCUT2D eigenvalue weighted by Gasteiger charge is 2.56. The molecule has 3 aliphatic carbocycles. The van der Waals surface area contributed by atoms with Gasteiger partial charge in [-0.2, -0.15) is 0 Å². The largest absolute Gasteiger partial charge is 0.374 e. The molecular formula is C18H33NO. The molecule has 3 aliphatic rings. The first-order valence-corrected chi connectivity index (χ1v) is 9.17. The molecule has 1 N–H and O–H groups in total. The fraction of sp³-hybridized carbons (Fsp3) is 1.00. The predicted octanol–water partition coefficient (Wildman–Crippen LogP) is 4.28.